The van der Waals surface area contributed by atoms with Crippen molar-refractivity contribution in [1.29, 1.82) is 0 Å². The lowest BCUT2D eigenvalue weighted by molar-refractivity contribution is -0.144. The van der Waals surface area contributed by atoms with Gasteiger partial charge in [-0.2, -0.15) is 0 Å². The Morgan fingerprint density at radius 1 is 0.906 bits per heavy atom. The van der Waals surface area contributed by atoms with Crippen LogP contribution in [-0.4, -0.2) is 39.9 Å². The summed E-state index contributed by atoms with van der Waals surface area (Å²) in [5, 5.41) is 21.3. The van der Waals surface area contributed by atoms with Crippen molar-refractivity contribution in [3.63, 3.8) is 0 Å². The molecule has 2 aromatic rings. The van der Waals surface area contributed by atoms with Crippen molar-refractivity contribution in [2.45, 2.75) is 51.9 Å². The van der Waals surface area contributed by atoms with E-state index in [0.29, 0.717) is 17.9 Å². The molecular weight excluding hydrogens is 414 g/mol. The molecule has 32 heavy (non-hydrogen) atoms. The van der Waals surface area contributed by atoms with E-state index in [9.17, 15) is 24.6 Å². The number of carboxylic acids is 2. The predicted molar refractivity (Wildman–Crippen MR) is 117 cm³/mol. The molecule has 2 aromatic carbocycles. The Bertz CT molecular complexity index is 904. The van der Waals surface area contributed by atoms with Crippen LogP contribution in [0.5, 0.6) is 5.75 Å². The fourth-order valence-electron chi connectivity index (χ4n) is 2.97. The van der Waals surface area contributed by atoms with Crippen LogP contribution in [0.25, 0.3) is 0 Å². The average molecular weight is 443 g/mol. The van der Waals surface area contributed by atoms with Crippen LogP contribution in [0, 0.1) is 5.92 Å². The quantitative estimate of drug-likeness (QED) is 0.509. The SMILES string of the molecule is CC(C)(C)OC(=O)N[C@@H](C[C@H](Cc1ccc(OCc2ccccc2)cc1)C(=O)O)C(=O)O. The molecule has 1 amide bonds. The van der Waals surface area contributed by atoms with E-state index in [4.69, 9.17) is 9.47 Å². The van der Waals surface area contributed by atoms with Gasteiger partial charge in [0.05, 0.1) is 5.92 Å². The molecule has 0 heterocycles. The molecule has 2 rings (SSSR count). The highest BCUT2D eigenvalue weighted by Crippen LogP contribution is 2.20. The van der Waals surface area contributed by atoms with Gasteiger partial charge in [0.15, 0.2) is 0 Å². The number of alkyl carbamates (subject to hydrolysis) is 1. The summed E-state index contributed by atoms with van der Waals surface area (Å²) in [7, 11) is 0. The number of hydrogen-bond acceptors (Lipinski definition) is 5. The van der Waals surface area contributed by atoms with Crippen LogP contribution >= 0.6 is 0 Å². The molecule has 3 N–H and O–H groups in total. The van der Waals surface area contributed by atoms with Crippen molar-refractivity contribution in [2.75, 3.05) is 0 Å². The highest BCUT2D eigenvalue weighted by molar-refractivity contribution is 5.81. The molecule has 0 spiro atoms. The lowest BCUT2D eigenvalue weighted by Gasteiger charge is -2.23. The van der Waals surface area contributed by atoms with Gasteiger partial charge < -0.3 is 25.0 Å². The summed E-state index contributed by atoms with van der Waals surface area (Å²) in [5.41, 5.74) is 0.939. The van der Waals surface area contributed by atoms with Gasteiger partial charge in [-0.25, -0.2) is 9.59 Å². The number of nitrogens with one attached hydrogen (secondary N) is 1. The van der Waals surface area contributed by atoms with Gasteiger partial charge in [0.1, 0.15) is 24.0 Å². The molecule has 172 valence electrons. The maximum absolute atomic E-state index is 11.9. The summed E-state index contributed by atoms with van der Waals surface area (Å²) in [6, 6.07) is 15.3. The zero-order chi connectivity index (χ0) is 23.7. The summed E-state index contributed by atoms with van der Waals surface area (Å²) in [4.78, 5) is 35.2. The summed E-state index contributed by atoms with van der Waals surface area (Å²) >= 11 is 0. The first-order chi connectivity index (χ1) is 15.0. The standard InChI is InChI=1S/C24H29NO7/c1-24(2,3)32-23(30)25-20(22(28)29)14-18(21(26)27)13-16-9-11-19(12-10-16)31-15-17-7-5-4-6-8-17/h4-12,18,20H,13-15H2,1-3H3,(H,25,30)(H,26,27)(H,28,29)/t18-,20-/m0/s1. The second-order valence-electron chi connectivity index (χ2n) is 8.43. The predicted octanol–water partition coefficient (Wildman–Crippen LogP) is 3.88. The van der Waals surface area contributed by atoms with Crippen LogP contribution in [0.2, 0.25) is 0 Å². The van der Waals surface area contributed by atoms with Crippen LogP contribution in [-0.2, 0) is 27.4 Å². The third-order valence-corrected chi connectivity index (χ3v) is 4.51. The van der Waals surface area contributed by atoms with E-state index in [2.05, 4.69) is 5.32 Å². The first-order valence-electron chi connectivity index (χ1n) is 10.2. The third kappa shape index (κ3) is 8.67. The molecule has 0 unspecified atom stereocenters. The lowest BCUT2D eigenvalue weighted by Crippen LogP contribution is -2.45. The highest BCUT2D eigenvalue weighted by atomic mass is 16.6. The van der Waals surface area contributed by atoms with Gasteiger partial charge in [-0.1, -0.05) is 42.5 Å². The number of carbonyl (C=O) groups is 3. The summed E-state index contributed by atoms with van der Waals surface area (Å²) in [6.07, 6.45) is -1.08. The Kier molecular flexibility index (Phi) is 8.63. The molecule has 0 aliphatic carbocycles. The van der Waals surface area contributed by atoms with Crippen molar-refractivity contribution in [2.24, 2.45) is 5.92 Å². The van der Waals surface area contributed by atoms with E-state index in [1.807, 2.05) is 30.3 Å². The molecule has 0 aliphatic heterocycles. The van der Waals surface area contributed by atoms with Crippen molar-refractivity contribution >= 4 is 18.0 Å². The van der Waals surface area contributed by atoms with Gasteiger partial charge in [-0.15, -0.1) is 0 Å². The van der Waals surface area contributed by atoms with Crippen LogP contribution in [0.3, 0.4) is 0 Å². The second kappa shape index (κ2) is 11.2. The Morgan fingerprint density at radius 3 is 2.06 bits per heavy atom. The van der Waals surface area contributed by atoms with Crippen LogP contribution < -0.4 is 10.1 Å². The number of carboxylic acid groups (broad SMARTS) is 2. The van der Waals surface area contributed by atoms with E-state index in [1.165, 1.54) is 0 Å². The number of amides is 1. The van der Waals surface area contributed by atoms with E-state index >= 15 is 0 Å². The van der Waals surface area contributed by atoms with Gasteiger partial charge in [0, 0.05) is 0 Å². The molecule has 0 saturated heterocycles. The number of carbonyl (C=O) groups excluding carboxylic acids is 1. The summed E-state index contributed by atoms with van der Waals surface area (Å²) in [5.74, 6) is -2.85. The van der Waals surface area contributed by atoms with Gasteiger partial charge in [-0.05, 0) is 56.9 Å². The fraction of sp³-hybridized carbons (Fsp3) is 0.375. The molecule has 0 bridgehead atoms. The largest absolute Gasteiger partial charge is 0.489 e. The van der Waals surface area contributed by atoms with Gasteiger partial charge in [0.25, 0.3) is 0 Å². The number of ether oxygens (including phenoxy) is 2. The maximum atomic E-state index is 11.9. The minimum Gasteiger partial charge on any atom is -0.489 e. The number of hydrogen-bond donors (Lipinski definition) is 3. The minimum atomic E-state index is -1.39. The number of benzene rings is 2. The topological polar surface area (TPSA) is 122 Å². The van der Waals surface area contributed by atoms with Crippen LogP contribution in [0.15, 0.2) is 54.6 Å². The van der Waals surface area contributed by atoms with Crippen molar-refractivity contribution in [1.82, 2.24) is 5.32 Å². The average Bonchev–Trinajstić information content (AvgIpc) is 2.71. The van der Waals surface area contributed by atoms with E-state index in [0.717, 1.165) is 5.56 Å². The monoisotopic (exact) mass is 443 g/mol. The zero-order valence-corrected chi connectivity index (χ0v) is 18.4. The summed E-state index contributed by atoms with van der Waals surface area (Å²) in [6.45, 7) is 5.36. The molecule has 0 aromatic heterocycles. The second-order valence-corrected chi connectivity index (χ2v) is 8.43. The molecule has 0 saturated carbocycles. The minimum absolute atomic E-state index is 0.105. The molecule has 8 heteroatoms. The highest BCUT2D eigenvalue weighted by Gasteiger charge is 2.30. The molecule has 0 aliphatic rings. The number of aliphatic carboxylic acids is 2. The molecular formula is C24H29NO7. The van der Waals surface area contributed by atoms with Crippen molar-refractivity contribution in [3.8, 4) is 5.75 Å². The Morgan fingerprint density at radius 2 is 1.53 bits per heavy atom. The number of rotatable bonds is 10. The lowest BCUT2D eigenvalue weighted by atomic mass is 9.92. The first kappa shape index (κ1) is 24.7. The molecule has 8 nitrogen and oxygen atoms in total. The van der Waals surface area contributed by atoms with Crippen LogP contribution in [0.4, 0.5) is 4.79 Å². The zero-order valence-electron chi connectivity index (χ0n) is 18.4. The summed E-state index contributed by atoms with van der Waals surface area (Å²) < 4.78 is 10.8. The Balaban J connectivity index is 1.98. The Hall–Kier alpha value is -3.55. The van der Waals surface area contributed by atoms with Gasteiger partial charge in [-0.3, -0.25) is 4.79 Å². The van der Waals surface area contributed by atoms with Gasteiger partial charge >= 0.3 is 18.0 Å². The smallest absolute Gasteiger partial charge is 0.408 e. The van der Waals surface area contributed by atoms with E-state index in [-0.39, 0.29) is 12.8 Å². The van der Waals surface area contributed by atoms with Crippen molar-refractivity contribution in [3.05, 3.63) is 65.7 Å². The third-order valence-electron chi connectivity index (χ3n) is 4.51. The van der Waals surface area contributed by atoms with Crippen molar-refractivity contribution < 1.29 is 34.1 Å². The molecule has 2 atom stereocenters. The maximum Gasteiger partial charge on any atom is 0.408 e. The molecule has 0 radical (unpaired) electrons. The fourth-order valence-corrected chi connectivity index (χ4v) is 2.97. The normalized spacial score (nSPS) is 13.0. The van der Waals surface area contributed by atoms with E-state index in [1.54, 1.807) is 45.0 Å². The molecule has 0 fully saturated rings. The van der Waals surface area contributed by atoms with E-state index < -0.39 is 35.6 Å². The Labute approximate surface area is 187 Å². The first-order valence-corrected chi connectivity index (χ1v) is 10.2. The van der Waals surface area contributed by atoms with Gasteiger partial charge in [0.2, 0.25) is 0 Å². The van der Waals surface area contributed by atoms with Crippen LogP contribution in [0.1, 0.15) is 38.3 Å².